The largest absolute Gasteiger partial charge is 0.490 e. The second-order valence-electron chi connectivity index (χ2n) is 6.19. The van der Waals surface area contributed by atoms with Crippen LogP contribution in [0.4, 0.5) is 4.39 Å². The zero-order valence-corrected chi connectivity index (χ0v) is 13.8. The van der Waals surface area contributed by atoms with Crippen molar-refractivity contribution >= 4 is 5.91 Å². The molecular weight excluding hydrogens is 319 g/mol. The van der Waals surface area contributed by atoms with Crippen LogP contribution in [0, 0.1) is 23.1 Å². The van der Waals surface area contributed by atoms with Gasteiger partial charge >= 0.3 is 0 Å². The van der Waals surface area contributed by atoms with Crippen LogP contribution < -0.4 is 4.74 Å². The van der Waals surface area contributed by atoms with E-state index in [9.17, 15) is 9.18 Å². The Kier molecular flexibility index (Phi) is 5.30. The van der Waals surface area contributed by atoms with Crippen molar-refractivity contribution in [2.24, 2.45) is 5.92 Å². The maximum absolute atomic E-state index is 13.6. The zero-order valence-electron chi connectivity index (χ0n) is 13.8. The van der Waals surface area contributed by atoms with Crippen LogP contribution in [0.3, 0.4) is 0 Å². The molecule has 3 rings (SSSR count). The smallest absolute Gasteiger partial charge is 0.253 e. The standard InChI is InChI=1S/C20H19FN2O2/c21-18-8-1-2-9-19(18)25-14-16-6-4-10-23(13-16)20(24)17-7-3-5-15(11-17)12-22/h1-3,5,7-9,11,16H,4,6,10,13-14H2. The number of para-hydroxylation sites is 1. The van der Waals surface area contributed by atoms with E-state index in [1.165, 1.54) is 6.07 Å². The summed E-state index contributed by atoms with van der Waals surface area (Å²) in [5.74, 6) is -0.0450. The summed E-state index contributed by atoms with van der Waals surface area (Å²) in [5, 5.41) is 8.97. The number of benzene rings is 2. The lowest BCUT2D eigenvalue weighted by Gasteiger charge is -2.32. The highest BCUT2D eigenvalue weighted by molar-refractivity contribution is 5.94. The van der Waals surface area contributed by atoms with E-state index in [1.54, 1.807) is 47.4 Å². The van der Waals surface area contributed by atoms with E-state index in [1.807, 2.05) is 0 Å². The van der Waals surface area contributed by atoms with E-state index in [0.717, 1.165) is 12.8 Å². The molecule has 0 aromatic heterocycles. The number of nitriles is 1. The Hall–Kier alpha value is -2.87. The Balaban J connectivity index is 1.62. The highest BCUT2D eigenvalue weighted by Gasteiger charge is 2.25. The van der Waals surface area contributed by atoms with Gasteiger partial charge in [0.25, 0.3) is 5.91 Å². The SMILES string of the molecule is N#Cc1cccc(C(=O)N2CCCC(COc3ccccc3F)C2)c1. The summed E-state index contributed by atoms with van der Waals surface area (Å²) in [7, 11) is 0. The Labute approximate surface area is 146 Å². The number of halogens is 1. The number of ether oxygens (including phenoxy) is 1. The number of carbonyl (C=O) groups is 1. The van der Waals surface area contributed by atoms with Crippen LogP contribution in [0.1, 0.15) is 28.8 Å². The maximum atomic E-state index is 13.6. The van der Waals surface area contributed by atoms with Crippen LogP contribution in [0.2, 0.25) is 0 Å². The van der Waals surface area contributed by atoms with Crippen LogP contribution in [-0.2, 0) is 0 Å². The van der Waals surface area contributed by atoms with E-state index in [2.05, 4.69) is 6.07 Å². The summed E-state index contributed by atoms with van der Waals surface area (Å²) >= 11 is 0. The molecule has 25 heavy (non-hydrogen) atoms. The van der Waals surface area contributed by atoms with Crippen LogP contribution in [0.5, 0.6) is 5.75 Å². The quantitative estimate of drug-likeness (QED) is 0.855. The van der Waals surface area contributed by atoms with Gasteiger partial charge in [0.1, 0.15) is 0 Å². The molecule has 1 saturated heterocycles. The summed E-state index contributed by atoms with van der Waals surface area (Å²) < 4.78 is 19.2. The molecule has 0 bridgehead atoms. The van der Waals surface area contributed by atoms with Gasteiger partial charge in [-0.2, -0.15) is 5.26 Å². The van der Waals surface area contributed by atoms with E-state index in [0.29, 0.717) is 30.8 Å². The van der Waals surface area contributed by atoms with Crippen LogP contribution in [0.25, 0.3) is 0 Å². The van der Waals surface area contributed by atoms with Gasteiger partial charge in [0, 0.05) is 24.6 Å². The third-order valence-corrected chi connectivity index (χ3v) is 4.36. The molecule has 5 heteroatoms. The van der Waals surface area contributed by atoms with Gasteiger partial charge in [0.2, 0.25) is 0 Å². The van der Waals surface area contributed by atoms with Crippen molar-refractivity contribution in [2.75, 3.05) is 19.7 Å². The highest BCUT2D eigenvalue weighted by atomic mass is 19.1. The molecule has 1 aliphatic rings. The first-order valence-corrected chi connectivity index (χ1v) is 8.34. The number of hydrogen-bond acceptors (Lipinski definition) is 3. The number of nitrogens with zero attached hydrogens (tertiary/aromatic N) is 2. The molecule has 0 spiro atoms. The molecule has 1 amide bonds. The third-order valence-electron chi connectivity index (χ3n) is 4.36. The van der Waals surface area contributed by atoms with Gasteiger partial charge in [-0.05, 0) is 43.2 Å². The molecule has 0 N–H and O–H groups in total. The molecule has 0 aliphatic carbocycles. The number of carbonyl (C=O) groups excluding carboxylic acids is 1. The van der Waals surface area contributed by atoms with Crippen LogP contribution >= 0.6 is 0 Å². The van der Waals surface area contributed by atoms with Gasteiger partial charge in [-0.15, -0.1) is 0 Å². The minimum Gasteiger partial charge on any atom is -0.490 e. The van der Waals surface area contributed by atoms with Gasteiger partial charge in [-0.25, -0.2) is 4.39 Å². The molecule has 128 valence electrons. The van der Waals surface area contributed by atoms with Gasteiger partial charge in [0.15, 0.2) is 11.6 Å². The summed E-state index contributed by atoms with van der Waals surface area (Å²) in [6.07, 6.45) is 1.82. The average Bonchev–Trinajstić information content (AvgIpc) is 2.67. The van der Waals surface area contributed by atoms with Gasteiger partial charge in [-0.1, -0.05) is 18.2 Å². The number of amides is 1. The Morgan fingerprint density at radius 3 is 2.92 bits per heavy atom. The molecule has 4 nitrogen and oxygen atoms in total. The summed E-state index contributed by atoms with van der Waals surface area (Å²) in [6.45, 7) is 1.64. The van der Waals surface area contributed by atoms with Gasteiger partial charge < -0.3 is 9.64 Å². The minimum atomic E-state index is -0.375. The van der Waals surface area contributed by atoms with Crippen molar-refractivity contribution in [1.82, 2.24) is 4.90 Å². The van der Waals surface area contributed by atoms with E-state index in [-0.39, 0.29) is 23.4 Å². The highest BCUT2D eigenvalue weighted by Crippen LogP contribution is 2.22. The minimum absolute atomic E-state index is 0.0762. The van der Waals surface area contributed by atoms with Crippen molar-refractivity contribution in [3.63, 3.8) is 0 Å². The predicted octanol–water partition coefficient (Wildman–Crippen LogP) is 3.63. The molecule has 0 radical (unpaired) electrons. The number of likely N-dealkylation sites (tertiary alicyclic amines) is 1. The van der Waals surface area contributed by atoms with E-state index >= 15 is 0 Å². The van der Waals surface area contributed by atoms with Crippen molar-refractivity contribution in [2.45, 2.75) is 12.8 Å². The molecular formula is C20H19FN2O2. The van der Waals surface area contributed by atoms with Crippen molar-refractivity contribution in [3.8, 4) is 11.8 Å². The molecule has 2 aromatic rings. The first-order chi connectivity index (χ1) is 12.2. The number of piperidine rings is 1. The van der Waals surface area contributed by atoms with Crippen molar-refractivity contribution in [1.29, 1.82) is 5.26 Å². The average molecular weight is 338 g/mol. The topological polar surface area (TPSA) is 53.3 Å². The third kappa shape index (κ3) is 4.16. The van der Waals surface area contributed by atoms with Gasteiger partial charge in [-0.3, -0.25) is 4.79 Å². The van der Waals surface area contributed by atoms with E-state index < -0.39 is 0 Å². The Morgan fingerprint density at radius 2 is 2.12 bits per heavy atom. The lowest BCUT2D eigenvalue weighted by Crippen LogP contribution is -2.41. The summed E-state index contributed by atoms with van der Waals surface area (Å²) in [5.41, 5.74) is 0.997. The van der Waals surface area contributed by atoms with E-state index in [4.69, 9.17) is 10.00 Å². The first kappa shape index (κ1) is 17.0. The molecule has 1 atom stereocenters. The molecule has 1 aliphatic heterocycles. The molecule has 1 heterocycles. The first-order valence-electron chi connectivity index (χ1n) is 8.34. The van der Waals surface area contributed by atoms with Crippen molar-refractivity contribution in [3.05, 3.63) is 65.5 Å². The normalized spacial score (nSPS) is 17.0. The Morgan fingerprint density at radius 1 is 1.28 bits per heavy atom. The second kappa shape index (κ2) is 7.80. The maximum Gasteiger partial charge on any atom is 0.253 e. The summed E-state index contributed by atoms with van der Waals surface area (Å²) in [6, 6.07) is 15.1. The molecule has 1 fully saturated rings. The van der Waals surface area contributed by atoms with Gasteiger partial charge in [0.05, 0.1) is 18.2 Å². The summed E-state index contributed by atoms with van der Waals surface area (Å²) in [4.78, 5) is 14.4. The van der Waals surface area contributed by atoms with Crippen LogP contribution in [0.15, 0.2) is 48.5 Å². The monoisotopic (exact) mass is 338 g/mol. The molecule has 2 aromatic carbocycles. The number of rotatable bonds is 4. The Bertz CT molecular complexity index is 800. The molecule has 1 unspecified atom stereocenters. The van der Waals surface area contributed by atoms with Crippen LogP contribution in [-0.4, -0.2) is 30.5 Å². The lowest BCUT2D eigenvalue weighted by atomic mass is 9.98. The fourth-order valence-electron chi connectivity index (χ4n) is 3.06. The fraction of sp³-hybridized carbons (Fsp3) is 0.300. The number of hydrogen-bond donors (Lipinski definition) is 0. The predicted molar refractivity (Wildman–Crippen MR) is 91.7 cm³/mol. The van der Waals surface area contributed by atoms with Crippen molar-refractivity contribution < 1.29 is 13.9 Å². The fourth-order valence-corrected chi connectivity index (χ4v) is 3.06. The zero-order chi connectivity index (χ0) is 17.6. The lowest BCUT2D eigenvalue weighted by molar-refractivity contribution is 0.0631. The molecule has 0 saturated carbocycles. The second-order valence-corrected chi connectivity index (χ2v) is 6.19.